The number of amides is 1. The van der Waals surface area contributed by atoms with E-state index in [9.17, 15) is 9.59 Å². The zero-order chi connectivity index (χ0) is 15.4. The number of likely N-dealkylation sites (tertiary alicyclic amines) is 1. The van der Waals surface area contributed by atoms with Gasteiger partial charge < -0.3 is 14.7 Å². The highest BCUT2D eigenvalue weighted by molar-refractivity contribution is 5.85. The first kappa shape index (κ1) is 15.1. The number of nitrogens with zero attached hydrogens (tertiary/aromatic N) is 3. The summed E-state index contributed by atoms with van der Waals surface area (Å²) in [6.07, 6.45) is 2.70. The van der Waals surface area contributed by atoms with E-state index >= 15 is 0 Å². The second-order valence-corrected chi connectivity index (χ2v) is 5.01. The maximum atomic E-state index is 11.7. The van der Waals surface area contributed by atoms with E-state index in [0.29, 0.717) is 13.1 Å². The van der Waals surface area contributed by atoms with Gasteiger partial charge in [0.05, 0.1) is 5.69 Å². The molecule has 1 aliphatic rings. The van der Waals surface area contributed by atoms with E-state index in [1.165, 1.54) is 10.8 Å². The van der Waals surface area contributed by atoms with E-state index in [4.69, 9.17) is 9.84 Å². The Kier molecular flexibility index (Phi) is 4.62. The van der Waals surface area contributed by atoms with Crippen molar-refractivity contribution < 1.29 is 19.4 Å². The highest BCUT2D eigenvalue weighted by Gasteiger charge is 2.27. The standard InChI is InChI=1S/C14H19N3O4/c1-3-8-21-14(20)17-6-4-10(5-7-17)11-9-12(13(18)19)16(2)15-11/h3,9-10H,1,4-8H2,2H3,(H,18,19). The van der Waals surface area contributed by atoms with Gasteiger partial charge >= 0.3 is 12.1 Å². The number of carbonyl (C=O) groups excluding carboxylic acids is 1. The van der Waals surface area contributed by atoms with Crippen LogP contribution in [0.25, 0.3) is 0 Å². The summed E-state index contributed by atoms with van der Waals surface area (Å²) in [5.41, 5.74) is 0.951. The minimum absolute atomic E-state index is 0.174. The molecule has 0 aliphatic carbocycles. The molecule has 1 amide bonds. The number of hydrogen-bond donors (Lipinski definition) is 1. The van der Waals surface area contributed by atoms with Gasteiger partial charge in [-0.2, -0.15) is 5.10 Å². The molecule has 1 aliphatic heterocycles. The molecule has 0 radical (unpaired) electrons. The predicted octanol–water partition coefficient (Wildman–Crippen LogP) is 1.62. The normalized spacial score (nSPS) is 15.8. The fourth-order valence-electron chi connectivity index (χ4n) is 2.47. The lowest BCUT2D eigenvalue weighted by molar-refractivity contribution is 0.0685. The number of carboxylic acid groups (broad SMARTS) is 1. The molecule has 0 saturated carbocycles. The molecule has 2 heterocycles. The Morgan fingerprint density at radius 1 is 1.52 bits per heavy atom. The molecule has 0 bridgehead atoms. The first-order chi connectivity index (χ1) is 10.0. The summed E-state index contributed by atoms with van der Waals surface area (Å²) in [7, 11) is 1.62. The van der Waals surface area contributed by atoms with Crippen LogP contribution >= 0.6 is 0 Å². The van der Waals surface area contributed by atoms with E-state index in [1.54, 1.807) is 18.0 Å². The average molecular weight is 293 g/mol. The minimum atomic E-state index is -0.985. The molecule has 7 heteroatoms. The van der Waals surface area contributed by atoms with Gasteiger partial charge in [-0.15, -0.1) is 0 Å². The number of aromatic carboxylic acids is 1. The topological polar surface area (TPSA) is 84.7 Å². The smallest absolute Gasteiger partial charge is 0.410 e. The molecule has 0 atom stereocenters. The summed E-state index contributed by atoms with van der Waals surface area (Å²) >= 11 is 0. The second kappa shape index (κ2) is 6.43. The summed E-state index contributed by atoms with van der Waals surface area (Å²) in [4.78, 5) is 24.4. The van der Waals surface area contributed by atoms with Crippen LogP contribution in [-0.4, -0.2) is 51.5 Å². The molecule has 1 N–H and O–H groups in total. The van der Waals surface area contributed by atoms with Gasteiger partial charge in [0.25, 0.3) is 0 Å². The number of aryl methyl sites for hydroxylation is 1. The van der Waals surface area contributed by atoms with Gasteiger partial charge in [-0.25, -0.2) is 9.59 Å². The molecule has 1 saturated heterocycles. The van der Waals surface area contributed by atoms with Gasteiger partial charge in [-0.05, 0) is 18.9 Å². The van der Waals surface area contributed by atoms with Crippen LogP contribution in [0.2, 0.25) is 0 Å². The lowest BCUT2D eigenvalue weighted by Gasteiger charge is -2.30. The number of rotatable bonds is 4. The molecule has 2 rings (SSSR count). The van der Waals surface area contributed by atoms with Gasteiger partial charge in [0.2, 0.25) is 0 Å². The molecule has 1 aromatic rings. The van der Waals surface area contributed by atoms with Crippen LogP contribution in [0, 0.1) is 0 Å². The largest absolute Gasteiger partial charge is 0.477 e. The van der Waals surface area contributed by atoms with Crippen LogP contribution in [0.5, 0.6) is 0 Å². The Balaban J connectivity index is 1.95. The summed E-state index contributed by atoms with van der Waals surface area (Å²) in [6, 6.07) is 1.61. The number of carboxylic acids is 1. The second-order valence-electron chi connectivity index (χ2n) is 5.01. The molecule has 0 spiro atoms. The van der Waals surface area contributed by atoms with Gasteiger partial charge in [0.15, 0.2) is 0 Å². The summed E-state index contributed by atoms with van der Waals surface area (Å²) in [5.74, 6) is -0.811. The SMILES string of the molecule is C=CCOC(=O)N1CCC(c2cc(C(=O)O)n(C)n2)CC1. The summed E-state index contributed by atoms with van der Waals surface area (Å²) < 4.78 is 6.38. The molecule has 1 aromatic heterocycles. The van der Waals surface area contributed by atoms with Crippen LogP contribution in [0.4, 0.5) is 4.79 Å². The molecule has 21 heavy (non-hydrogen) atoms. The summed E-state index contributed by atoms with van der Waals surface area (Å²) in [6.45, 7) is 4.88. The van der Waals surface area contributed by atoms with E-state index in [-0.39, 0.29) is 24.3 Å². The third kappa shape index (κ3) is 3.42. The van der Waals surface area contributed by atoms with Gasteiger partial charge in [0.1, 0.15) is 12.3 Å². The van der Waals surface area contributed by atoms with Crippen molar-refractivity contribution in [3.8, 4) is 0 Å². The van der Waals surface area contributed by atoms with E-state index < -0.39 is 5.97 Å². The highest BCUT2D eigenvalue weighted by atomic mass is 16.6. The number of hydrogen-bond acceptors (Lipinski definition) is 4. The van der Waals surface area contributed by atoms with E-state index in [2.05, 4.69) is 11.7 Å². The molecule has 7 nitrogen and oxygen atoms in total. The maximum Gasteiger partial charge on any atom is 0.410 e. The number of piperidine rings is 1. The molecule has 0 aromatic carbocycles. The van der Waals surface area contributed by atoms with Crippen LogP contribution in [0.3, 0.4) is 0 Å². The van der Waals surface area contributed by atoms with E-state index in [0.717, 1.165) is 18.5 Å². The zero-order valence-corrected chi connectivity index (χ0v) is 12.0. The van der Waals surface area contributed by atoms with Crippen molar-refractivity contribution in [3.63, 3.8) is 0 Å². The van der Waals surface area contributed by atoms with Crippen molar-refractivity contribution in [1.82, 2.24) is 14.7 Å². The maximum absolute atomic E-state index is 11.7. The fraction of sp³-hybridized carbons (Fsp3) is 0.500. The first-order valence-electron chi connectivity index (χ1n) is 6.82. The van der Waals surface area contributed by atoms with Crippen LogP contribution in [0.15, 0.2) is 18.7 Å². The van der Waals surface area contributed by atoms with Crippen molar-refractivity contribution >= 4 is 12.1 Å². The number of aromatic nitrogens is 2. The van der Waals surface area contributed by atoms with Crippen molar-refractivity contribution in [3.05, 3.63) is 30.1 Å². The monoisotopic (exact) mass is 293 g/mol. The fourth-order valence-corrected chi connectivity index (χ4v) is 2.47. The molecule has 0 unspecified atom stereocenters. The van der Waals surface area contributed by atoms with Crippen molar-refractivity contribution in [2.45, 2.75) is 18.8 Å². The Hall–Kier alpha value is -2.31. The predicted molar refractivity (Wildman–Crippen MR) is 75.3 cm³/mol. The van der Waals surface area contributed by atoms with Crippen LogP contribution in [-0.2, 0) is 11.8 Å². The zero-order valence-electron chi connectivity index (χ0n) is 12.0. The molecule has 114 valence electrons. The highest BCUT2D eigenvalue weighted by Crippen LogP contribution is 2.27. The molecular formula is C14H19N3O4. The number of ether oxygens (including phenoxy) is 1. The van der Waals surface area contributed by atoms with Crippen molar-refractivity contribution in [2.75, 3.05) is 19.7 Å². The Morgan fingerprint density at radius 2 is 2.19 bits per heavy atom. The van der Waals surface area contributed by atoms with Gasteiger partial charge in [-0.1, -0.05) is 12.7 Å². The van der Waals surface area contributed by atoms with Crippen molar-refractivity contribution in [2.24, 2.45) is 7.05 Å². The quantitative estimate of drug-likeness (QED) is 0.853. The lowest BCUT2D eigenvalue weighted by atomic mass is 9.93. The lowest BCUT2D eigenvalue weighted by Crippen LogP contribution is -2.38. The summed E-state index contributed by atoms with van der Waals surface area (Å²) in [5, 5.41) is 13.3. The third-order valence-electron chi connectivity index (χ3n) is 3.61. The Bertz CT molecular complexity index is 544. The molecular weight excluding hydrogens is 274 g/mol. The van der Waals surface area contributed by atoms with E-state index in [1.807, 2.05) is 0 Å². The Morgan fingerprint density at radius 3 is 2.71 bits per heavy atom. The minimum Gasteiger partial charge on any atom is -0.477 e. The van der Waals surface area contributed by atoms with Crippen LogP contribution < -0.4 is 0 Å². The third-order valence-corrected chi connectivity index (χ3v) is 3.61. The van der Waals surface area contributed by atoms with Gasteiger partial charge in [0, 0.05) is 26.1 Å². The average Bonchev–Trinajstić information content (AvgIpc) is 2.87. The number of carbonyl (C=O) groups is 2. The van der Waals surface area contributed by atoms with Crippen LogP contribution in [0.1, 0.15) is 34.9 Å². The Labute approximate surface area is 122 Å². The molecule has 1 fully saturated rings. The van der Waals surface area contributed by atoms with Gasteiger partial charge in [-0.3, -0.25) is 4.68 Å². The first-order valence-corrected chi connectivity index (χ1v) is 6.82. The van der Waals surface area contributed by atoms with Crippen molar-refractivity contribution in [1.29, 1.82) is 0 Å².